The van der Waals surface area contributed by atoms with Crippen molar-refractivity contribution in [2.45, 2.75) is 13.1 Å². The van der Waals surface area contributed by atoms with Gasteiger partial charge in [-0.2, -0.15) is 10.1 Å². The Balaban J connectivity index is 1.82. The van der Waals surface area contributed by atoms with Gasteiger partial charge in [-0.1, -0.05) is 72.3 Å². The molecule has 0 amide bonds. The SMILES string of the molecule is Cn1c(N(Cc2ccccc2)Cc2ccccc2)c(N=Nc2ccc(Cl)cc2)c(N)nc1=O. The summed E-state index contributed by atoms with van der Waals surface area (Å²) < 4.78 is 1.46. The first-order valence-corrected chi connectivity index (χ1v) is 10.8. The van der Waals surface area contributed by atoms with Gasteiger partial charge in [0.1, 0.15) is 5.82 Å². The predicted molar refractivity (Wildman–Crippen MR) is 132 cm³/mol. The first kappa shape index (κ1) is 22.2. The minimum Gasteiger partial charge on any atom is -0.382 e. The van der Waals surface area contributed by atoms with Crippen LogP contribution in [0.15, 0.2) is 100.0 Å². The largest absolute Gasteiger partial charge is 0.382 e. The third kappa shape index (κ3) is 5.45. The van der Waals surface area contributed by atoms with Crippen molar-refractivity contribution < 1.29 is 0 Å². The molecule has 7 nitrogen and oxygen atoms in total. The molecule has 2 N–H and O–H groups in total. The van der Waals surface area contributed by atoms with Crippen LogP contribution >= 0.6 is 11.6 Å². The number of aromatic nitrogens is 2. The molecule has 166 valence electrons. The van der Waals surface area contributed by atoms with E-state index in [9.17, 15) is 4.79 Å². The summed E-state index contributed by atoms with van der Waals surface area (Å²) in [5.74, 6) is 0.565. The van der Waals surface area contributed by atoms with E-state index in [-0.39, 0.29) is 5.82 Å². The van der Waals surface area contributed by atoms with Gasteiger partial charge in [0, 0.05) is 25.2 Å². The highest BCUT2D eigenvalue weighted by Gasteiger charge is 2.21. The molecule has 0 aliphatic rings. The number of hydrogen-bond acceptors (Lipinski definition) is 6. The number of nitrogens with two attached hydrogens (primary N) is 1. The second kappa shape index (κ2) is 10.1. The summed E-state index contributed by atoms with van der Waals surface area (Å²) >= 11 is 5.97. The lowest BCUT2D eigenvalue weighted by atomic mass is 10.1. The smallest absolute Gasteiger partial charge is 0.350 e. The molecule has 0 aliphatic heterocycles. The third-order valence-electron chi connectivity index (χ3n) is 5.10. The minimum absolute atomic E-state index is 0.0249. The van der Waals surface area contributed by atoms with Crippen LogP contribution in [0.5, 0.6) is 0 Å². The van der Waals surface area contributed by atoms with Crippen LogP contribution in [0.4, 0.5) is 23.0 Å². The third-order valence-corrected chi connectivity index (χ3v) is 5.35. The zero-order valence-electron chi connectivity index (χ0n) is 18.1. The molecule has 0 bridgehead atoms. The molecule has 0 fully saturated rings. The number of nitrogen functional groups attached to an aromatic ring is 1. The van der Waals surface area contributed by atoms with Gasteiger partial charge >= 0.3 is 5.69 Å². The van der Waals surface area contributed by atoms with Crippen molar-refractivity contribution in [2.75, 3.05) is 10.6 Å². The van der Waals surface area contributed by atoms with Gasteiger partial charge in [-0.15, -0.1) is 5.11 Å². The van der Waals surface area contributed by atoms with E-state index in [1.54, 1.807) is 31.3 Å². The fraction of sp³-hybridized carbons (Fsp3) is 0.120. The second-order valence-corrected chi connectivity index (χ2v) is 7.95. The van der Waals surface area contributed by atoms with Crippen LogP contribution in [0.25, 0.3) is 0 Å². The Morgan fingerprint density at radius 1 is 0.879 bits per heavy atom. The van der Waals surface area contributed by atoms with Crippen molar-refractivity contribution in [3.8, 4) is 0 Å². The Morgan fingerprint density at radius 3 is 1.97 bits per heavy atom. The van der Waals surface area contributed by atoms with Gasteiger partial charge in [0.05, 0.1) is 5.69 Å². The quantitative estimate of drug-likeness (QED) is 0.363. The average molecular weight is 459 g/mol. The highest BCUT2D eigenvalue weighted by atomic mass is 35.5. The summed E-state index contributed by atoms with van der Waals surface area (Å²) in [7, 11) is 1.66. The topological polar surface area (TPSA) is 88.9 Å². The number of azo groups is 1. The molecule has 0 saturated heterocycles. The van der Waals surface area contributed by atoms with E-state index in [4.69, 9.17) is 17.3 Å². The summed E-state index contributed by atoms with van der Waals surface area (Å²) in [6.45, 7) is 1.08. The maximum atomic E-state index is 12.6. The Labute approximate surface area is 196 Å². The van der Waals surface area contributed by atoms with E-state index in [1.165, 1.54) is 4.57 Å². The molecule has 0 radical (unpaired) electrons. The molecule has 33 heavy (non-hydrogen) atoms. The Kier molecular flexibility index (Phi) is 6.80. The molecule has 8 heteroatoms. The molecule has 0 aliphatic carbocycles. The van der Waals surface area contributed by atoms with Crippen molar-refractivity contribution >= 4 is 34.6 Å². The Bertz CT molecular complexity index is 1260. The number of anilines is 2. The van der Waals surface area contributed by atoms with Crippen LogP contribution in [0.1, 0.15) is 11.1 Å². The number of halogens is 1. The number of benzene rings is 3. The predicted octanol–water partition coefficient (Wildman–Crippen LogP) is 5.64. The van der Waals surface area contributed by atoms with Crippen LogP contribution in [0.3, 0.4) is 0 Å². The molecule has 4 aromatic rings. The molecule has 0 saturated carbocycles. The van der Waals surface area contributed by atoms with E-state index < -0.39 is 5.69 Å². The van der Waals surface area contributed by atoms with Crippen molar-refractivity contribution in [3.05, 3.63) is 112 Å². The molecular weight excluding hydrogens is 436 g/mol. The first-order chi connectivity index (χ1) is 16.0. The van der Waals surface area contributed by atoms with E-state index in [0.29, 0.717) is 35.3 Å². The molecule has 1 aromatic heterocycles. The summed E-state index contributed by atoms with van der Waals surface area (Å²) in [6, 6.07) is 27.0. The van der Waals surface area contributed by atoms with Crippen molar-refractivity contribution in [2.24, 2.45) is 17.3 Å². The van der Waals surface area contributed by atoms with Gasteiger partial charge in [0.15, 0.2) is 11.5 Å². The zero-order chi connectivity index (χ0) is 23.2. The molecule has 4 rings (SSSR count). The van der Waals surface area contributed by atoms with Crippen molar-refractivity contribution in [1.82, 2.24) is 9.55 Å². The number of hydrogen-bond donors (Lipinski definition) is 1. The fourth-order valence-corrected chi connectivity index (χ4v) is 3.61. The number of nitrogens with zero attached hydrogens (tertiary/aromatic N) is 5. The first-order valence-electron chi connectivity index (χ1n) is 10.4. The monoisotopic (exact) mass is 458 g/mol. The fourth-order valence-electron chi connectivity index (χ4n) is 3.48. The Morgan fingerprint density at radius 2 is 1.42 bits per heavy atom. The maximum Gasteiger partial charge on any atom is 0.350 e. The van der Waals surface area contributed by atoms with E-state index in [1.807, 2.05) is 60.7 Å². The van der Waals surface area contributed by atoms with Crippen LogP contribution in [-0.4, -0.2) is 9.55 Å². The van der Waals surface area contributed by atoms with Crippen molar-refractivity contribution in [3.63, 3.8) is 0 Å². The van der Waals surface area contributed by atoms with Gasteiger partial charge in [-0.05, 0) is 35.4 Å². The molecule has 0 unspecified atom stereocenters. The average Bonchev–Trinajstić information content (AvgIpc) is 2.82. The van der Waals surface area contributed by atoms with Gasteiger partial charge in [0.2, 0.25) is 0 Å². The standard InChI is InChI=1S/C25H23ClN6O/c1-31-24(22(23(27)28-25(31)33)30-29-21-14-12-20(26)13-15-21)32(16-18-8-4-2-5-9-18)17-19-10-6-3-7-11-19/h2-15H,16-17H2,1H3,(H2,27,28,33). The molecule has 1 heterocycles. The summed E-state index contributed by atoms with van der Waals surface area (Å²) in [4.78, 5) is 18.6. The van der Waals surface area contributed by atoms with Gasteiger partial charge < -0.3 is 10.6 Å². The zero-order valence-corrected chi connectivity index (χ0v) is 18.9. The summed E-state index contributed by atoms with van der Waals surface area (Å²) in [5.41, 5.74) is 8.82. The van der Waals surface area contributed by atoms with Gasteiger partial charge in [-0.3, -0.25) is 4.57 Å². The lowest BCUT2D eigenvalue weighted by Gasteiger charge is -2.28. The van der Waals surface area contributed by atoms with E-state index >= 15 is 0 Å². The van der Waals surface area contributed by atoms with E-state index in [2.05, 4.69) is 20.1 Å². The van der Waals surface area contributed by atoms with Crippen LogP contribution in [-0.2, 0) is 20.1 Å². The lowest BCUT2D eigenvalue weighted by Crippen LogP contribution is -2.31. The highest BCUT2D eigenvalue weighted by molar-refractivity contribution is 6.30. The van der Waals surface area contributed by atoms with Crippen LogP contribution in [0, 0.1) is 0 Å². The van der Waals surface area contributed by atoms with E-state index in [0.717, 1.165) is 11.1 Å². The molecule has 0 atom stereocenters. The molecular formula is C25H23ClN6O. The Hall–Kier alpha value is -3.97. The summed E-state index contributed by atoms with van der Waals surface area (Å²) in [5, 5.41) is 9.32. The maximum absolute atomic E-state index is 12.6. The summed E-state index contributed by atoms with van der Waals surface area (Å²) in [6.07, 6.45) is 0. The van der Waals surface area contributed by atoms with Crippen molar-refractivity contribution in [1.29, 1.82) is 0 Å². The molecule has 3 aromatic carbocycles. The normalized spacial score (nSPS) is 11.1. The van der Waals surface area contributed by atoms with Crippen LogP contribution < -0.4 is 16.3 Å². The molecule has 0 spiro atoms. The van der Waals surface area contributed by atoms with Crippen LogP contribution in [0.2, 0.25) is 5.02 Å². The second-order valence-electron chi connectivity index (χ2n) is 7.51. The lowest BCUT2D eigenvalue weighted by molar-refractivity contribution is 0.713. The van der Waals surface area contributed by atoms with Gasteiger partial charge in [-0.25, -0.2) is 4.79 Å². The highest BCUT2D eigenvalue weighted by Crippen LogP contribution is 2.34. The minimum atomic E-state index is -0.459. The van der Waals surface area contributed by atoms with Gasteiger partial charge in [0.25, 0.3) is 0 Å². The number of rotatable bonds is 7.